The largest absolute Gasteiger partial charge is 0.370 e. The molecule has 1 fully saturated rings. The molecule has 0 aliphatic heterocycles. The van der Waals surface area contributed by atoms with E-state index in [1.807, 2.05) is 13.0 Å². The van der Waals surface area contributed by atoms with Crippen LogP contribution in [-0.2, 0) is 0 Å². The molecule has 1 aliphatic rings. The summed E-state index contributed by atoms with van der Waals surface area (Å²) in [4.78, 5) is 10.6. The molecular weight excluding hydrogens is 214 g/mol. The average Bonchev–Trinajstić information content (AvgIpc) is 2.93. The van der Waals surface area contributed by atoms with Crippen molar-refractivity contribution < 1.29 is 0 Å². The van der Waals surface area contributed by atoms with Crippen molar-refractivity contribution in [3.63, 3.8) is 0 Å². The maximum atomic E-state index is 5.71. The number of nitrogen functional groups attached to an aromatic ring is 1. The molecule has 0 bridgehead atoms. The van der Waals surface area contributed by atoms with Crippen LogP contribution in [0.4, 0.5) is 17.6 Å². The third-order valence-corrected chi connectivity index (χ3v) is 3.26. The molecular formula is C12H21N5. The second kappa shape index (κ2) is 4.77. The smallest absolute Gasteiger partial charge is 0.223 e. The van der Waals surface area contributed by atoms with Gasteiger partial charge in [-0.25, -0.2) is 0 Å². The van der Waals surface area contributed by atoms with E-state index in [0.29, 0.717) is 5.95 Å². The van der Waals surface area contributed by atoms with Gasteiger partial charge in [-0.1, -0.05) is 6.92 Å². The Balaban J connectivity index is 2.07. The zero-order valence-corrected chi connectivity index (χ0v) is 10.8. The monoisotopic (exact) mass is 235 g/mol. The Morgan fingerprint density at radius 1 is 1.53 bits per heavy atom. The zero-order valence-electron chi connectivity index (χ0n) is 10.8. The van der Waals surface area contributed by atoms with Crippen molar-refractivity contribution in [2.45, 2.75) is 20.3 Å². The molecule has 94 valence electrons. The second-order valence-electron chi connectivity index (χ2n) is 4.85. The van der Waals surface area contributed by atoms with Gasteiger partial charge in [0.25, 0.3) is 0 Å². The fourth-order valence-corrected chi connectivity index (χ4v) is 2.02. The molecule has 0 spiro atoms. The second-order valence-corrected chi connectivity index (χ2v) is 4.85. The van der Waals surface area contributed by atoms with Crippen LogP contribution in [0.15, 0.2) is 6.07 Å². The molecule has 5 heteroatoms. The van der Waals surface area contributed by atoms with E-state index in [-0.39, 0.29) is 0 Å². The lowest BCUT2D eigenvalue weighted by molar-refractivity contribution is 0.719. The number of rotatable bonds is 5. The molecule has 2 rings (SSSR count). The van der Waals surface area contributed by atoms with Gasteiger partial charge in [-0.3, -0.25) is 0 Å². The Hall–Kier alpha value is -1.52. The topological polar surface area (TPSA) is 67.1 Å². The Labute approximate surface area is 102 Å². The molecule has 1 heterocycles. The van der Waals surface area contributed by atoms with Crippen molar-refractivity contribution in [3.8, 4) is 0 Å². The summed E-state index contributed by atoms with van der Waals surface area (Å²) in [5.41, 5.74) is 5.71. The van der Waals surface area contributed by atoms with E-state index in [0.717, 1.165) is 36.6 Å². The number of hydrogen-bond donors (Lipinski definition) is 2. The first-order valence-electron chi connectivity index (χ1n) is 6.19. The van der Waals surface area contributed by atoms with Crippen LogP contribution < -0.4 is 16.0 Å². The van der Waals surface area contributed by atoms with Crippen LogP contribution >= 0.6 is 0 Å². The maximum absolute atomic E-state index is 5.71. The van der Waals surface area contributed by atoms with E-state index in [4.69, 9.17) is 5.73 Å². The fourth-order valence-electron chi connectivity index (χ4n) is 2.02. The van der Waals surface area contributed by atoms with Crippen molar-refractivity contribution in [2.24, 2.45) is 11.8 Å². The Morgan fingerprint density at radius 3 is 2.82 bits per heavy atom. The summed E-state index contributed by atoms with van der Waals surface area (Å²) in [7, 11) is 2.06. The fraction of sp³-hybridized carbons (Fsp3) is 0.667. The average molecular weight is 235 g/mol. The summed E-state index contributed by atoms with van der Waals surface area (Å²) >= 11 is 0. The van der Waals surface area contributed by atoms with Crippen LogP contribution in [0.25, 0.3) is 0 Å². The number of aromatic nitrogens is 2. The van der Waals surface area contributed by atoms with Crippen molar-refractivity contribution in [1.29, 1.82) is 0 Å². The summed E-state index contributed by atoms with van der Waals surface area (Å²) < 4.78 is 0. The van der Waals surface area contributed by atoms with Gasteiger partial charge in [0.2, 0.25) is 5.95 Å². The number of nitrogens with one attached hydrogen (secondary N) is 1. The molecule has 2 atom stereocenters. The third kappa shape index (κ3) is 2.99. The molecule has 2 unspecified atom stereocenters. The molecule has 1 aromatic heterocycles. The first-order valence-corrected chi connectivity index (χ1v) is 6.19. The van der Waals surface area contributed by atoms with E-state index in [9.17, 15) is 0 Å². The van der Waals surface area contributed by atoms with Gasteiger partial charge in [0.1, 0.15) is 11.6 Å². The van der Waals surface area contributed by atoms with E-state index in [1.54, 1.807) is 0 Å². The molecule has 0 radical (unpaired) electrons. The number of nitrogens with two attached hydrogens (primary N) is 1. The Kier molecular flexibility index (Phi) is 3.36. The van der Waals surface area contributed by atoms with Crippen molar-refractivity contribution >= 4 is 17.6 Å². The predicted octanol–water partition coefficient (Wildman–Crippen LogP) is 1.58. The minimum atomic E-state index is 0.328. The molecule has 0 saturated heterocycles. The lowest BCUT2D eigenvalue weighted by atomic mass is 10.3. The van der Waals surface area contributed by atoms with Crippen LogP contribution in [0.1, 0.15) is 20.3 Å². The Bertz CT molecular complexity index is 392. The number of nitrogens with zero attached hydrogens (tertiary/aromatic N) is 3. The van der Waals surface area contributed by atoms with Crippen molar-refractivity contribution in [1.82, 2.24) is 9.97 Å². The van der Waals surface area contributed by atoms with Gasteiger partial charge in [0.05, 0.1) is 0 Å². The van der Waals surface area contributed by atoms with Crippen molar-refractivity contribution in [2.75, 3.05) is 36.1 Å². The minimum absolute atomic E-state index is 0.328. The standard InChI is InChI=1S/C12H21N5/c1-4-14-10-6-11(16-12(13)15-10)17(3)7-9-5-8(9)2/h6,8-9H,4-5,7H2,1-3H3,(H3,13,14,15,16). The normalized spacial score (nSPS) is 22.3. The van der Waals surface area contributed by atoms with Crippen LogP contribution in [0.5, 0.6) is 0 Å². The van der Waals surface area contributed by atoms with Gasteiger partial charge in [-0.2, -0.15) is 9.97 Å². The van der Waals surface area contributed by atoms with Gasteiger partial charge < -0.3 is 16.0 Å². The van der Waals surface area contributed by atoms with Gasteiger partial charge in [-0.05, 0) is 25.2 Å². The van der Waals surface area contributed by atoms with Gasteiger partial charge in [-0.15, -0.1) is 0 Å². The molecule has 17 heavy (non-hydrogen) atoms. The van der Waals surface area contributed by atoms with E-state index >= 15 is 0 Å². The zero-order chi connectivity index (χ0) is 12.4. The molecule has 1 saturated carbocycles. The lowest BCUT2D eigenvalue weighted by Gasteiger charge is -2.19. The summed E-state index contributed by atoms with van der Waals surface area (Å²) in [6.45, 7) is 6.20. The predicted molar refractivity (Wildman–Crippen MR) is 71.1 cm³/mol. The van der Waals surface area contributed by atoms with Gasteiger partial charge in [0, 0.05) is 26.2 Å². The number of anilines is 3. The lowest BCUT2D eigenvalue weighted by Crippen LogP contribution is -2.22. The number of hydrogen-bond acceptors (Lipinski definition) is 5. The SMILES string of the molecule is CCNc1cc(N(C)CC2CC2C)nc(N)n1. The molecule has 3 N–H and O–H groups in total. The third-order valence-electron chi connectivity index (χ3n) is 3.26. The first-order chi connectivity index (χ1) is 8.10. The highest BCUT2D eigenvalue weighted by atomic mass is 15.2. The van der Waals surface area contributed by atoms with Crippen LogP contribution in [0, 0.1) is 11.8 Å². The van der Waals surface area contributed by atoms with E-state index in [2.05, 4.69) is 34.2 Å². The van der Waals surface area contributed by atoms with Crippen LogP contribution in [0.2, 0.25) is 0 Å². The van der Waals surface area contributed by atoms with Gasteiger partial charge >= 0.3 is 0 Å². The van der Waals surface area contributed by atoms with E-state index in [1.165, 1.54) is 6.42 Å². The summed E-state index contributed by atoms with van der Waals surface area (Å²) in [6, 6.07) is 1.95. The Morgan fingerprint density at radius 2 is 2.24 bits per heavy atom. The molecule has 1 aromatic rings. The highest BCUT2D eigenvalue weighted by Gasteiger charge is 2.33. The summed E-state index contributed by atoms with van der Waals surface area (Å²) in [6.07, 6.45) is 1.32. The highest BCUT2D eigenvalue weighted by molar-refractivity contribution is 5.52. The van der Waals surface area contributed by atoms with Crippen molar-refractivity contribution in [3.05, 3.63) is 6.07 Å². The quantitative estimate of drug-likeness (QED) is 0.811. The minimum Gasteiger partial charge on any atom is -0.370 e. The van der Waals surface area contributed by atoms with Crippen LogP contribution in [0.3, 0.4) is 0 Å². The molecule has 1 aliphatic carbocycles. The summed E-state index contributed by atoms with van der Waals surface area (Å²) in [5, 5.41) is 3.16. The summed E-state index contributed by atoms with van der Waals surface area (Å²) in [5.74, 6) is 3.68. The van der Waals surface area contributed by atoms with Crippen LogP contribution in [-0.4, -0.2) is 30.1 Å². The molecule has 0 aromatic carbocycles. The maximum Gasteiger partial charge on any atom is 0.223 e. The van der Waals surface area contributed by atoms with E-state index < -0.39 is 0 Å². The molecule has 5 nitrogen and oxygen atoms in total. The first kappa shape index (κ1) is 12.0. The highest BCUT2D eigenvalue weighted by Crippen LogP contribution is 2.38. The molecule has 0 amide bonds. The van der Waals surface area contributed by atoms with Gasteiger partial charge in [0.15, 0.2) is 0 Å².